The van der Waals surface area contributed by atoms with E-state index < -0.39 is 53.9 Å². The standard InChI is InChI=1S/C11H11F6NO2/c1-4(19)8-7-6(3-18(8)5(2)20)9(7,10(12,13)14)11(15,16)17/h6-8H,3H2,1-2H3. The van der Waals surface area contributed by atoms with Gasteiger partial charge in [-0.15, -0.1) is 0 Å². The van der Waals surface area contributed by atoms with Crippen molar-refractivity contribution in [1.82, 2.24) is 4.90 Å². The molecule has 1 saturated heterocycles. The molecule has 0 bridgehead atoms. The summed E-state index contributed by atoms with van der Waals surface area (Å²) in [5.74, 6) is -5.28. The largest absolute Gasteiger partial charge is 0.403 e. The van der Waals surface area contributed by atoms with Gasteiger partial charge in [0.2, 0.25) is 5.91 Å². The van der Waals surface area contributed by atoms with Gasteiger partial charge in [0.15, 0.2) is 11.2 Å². The van der Waals surface area contributed by atoms with Gasteiger partial charge in [-0.3, -0.25) is 9.59 Å². The molecule has 1 aliphatic carbocycles. The molecule has 3 atom stereocenters. The van der Waals surface area contributed by atoms with Crippen molar-refractivity contribution in [2.24, 2.45) is 17.3 Å². The lowest BCUT2D eigenvalue weighted by Crippen LogP contribution is -2.52. The van der Waals surface area contributed by atoms with E-state index in [2.05, 4.69) is 0 Å². The van der Waals surface area contributed by atoms with Crippen LogP contribution in [0.25, 0.3) is 0 Å². The fourth-order valence-electron chi connectivity index (χ4n) is 3.49. The molecule has 0 spiro atoms. The Morgan fingerprint density at radius 1 is 1.05 bits per heavy atom. The summed E-state index contributed by atoms with van der Waals surface area (Å²) in [6, 6.07) is -1.65. The van der Waals surface area contributed by atoms with Crippen LogP contribution in [-0.2, 0) is 9.59 Å². The van der Waals surface area contributed by atoms with Crippen LogP contribution in [0.1, 0.15) is 13.8 Å². The number of carbonyl (C=O) groups is 2. The predicted molar refractivity (Wildman–Crippen MR) is 53.4 cm³/mol. The third kappa shape index (κ3) is 1.61. The normalized spacial score (nSPS) is 32.0. The molecule has 9 heteroatoms. The molecule has 0 N–H and O–H groups in total. The molecule has 0 radical (unpaired) electrons. The molecule has 1 amide bonds. The number of carbonyl (C=O) groups excluding carboxylic acids is 2. The van der Waals surface area contributed by atoms with Gasteiger partial charge in [-0.1, -0.05) is 0 Å². The number of nitrogens with zero attached hydrogens (tertiary/aromatic N) is 1. The van der Waals surface area contributed by atoms with Crippen LogP contribution in [0.5, 0.6) is 0 Å². The van der Waals surface area contributed by atoms with E-state index in [-0.39, 0.29) is 0 Å². The number of hydrogen-bond acceptors (Lipinski definition) is 2. The molecular weight excluding hydrogens is 292 g/mol. The molecule has 20 heavy (non-hydrogen) atoms. The number of hydrogen-bond donors (Lipinski definition) is 0. The molecule has 114 valence electrons. The zero-order chi connectivity index (χ0) is 15.7. The van der Waals surface area contributed by atoms with Crippen LogP contribution >= 0.6 is 0 Å². The average Bonchev–Trinajstić information content (AvgIpc) is 2.71. The van der Waals surface area contributed by atoms with Crippen molar-refractivity contribution in [3.8, 4) is 0 Å². The SMILES string of the molecule is CC(=O)C1C2C(CN1C(C)=O)C2(C(F)(F)F)C(F)(F)F. The smallest absolute Gasteiger partial charge is 0.332 e. The summed E-state index contributed by atoms with van der Waals surface area (Å²) in [4.78, 5) is 23.5. The second kappa shape index (κ2) is 3.88. The van der Waals surface area contributed by atoms with Crippen LogP contribution < -0.4 is 0 Å². The van der Waals surface area contributed by atoms with Crippen LogP contribution in [0.2, 0.25) is 0 Å². The minimum absolute atomic E-state index is 0.691. The lowest BCUT2D eigenvalue weighted by Gasteiger charge is -2.33. The summed E-state index contributed by atoms with van der Waals surface area (Å²) in [6.45, 7) is 1.23. The summed E-state index contributed by atoms with van der Waals surface area (Å²) in [7, 11) is 0. The van der Waals surface area contributed by atoms with Crippen LogP contribution in [-0.4, -0.2) is 41.5 Å². The molecule has 0 aromatic carbocycles. The van der Waals surface area contributed by atoms with Crippen molar-refractivity contribution in [2.75, 3.05) is 6.54 Å². The highest BCUT2D eigenvalue weighted by Gasteiger charge is 2.93. The minimum Gasteiger partial charge on any atom is -0.332 e. The maximum atomic E-state index is 12.9. The highest BCUT2D eigenvalue weighted by molar-refractivity contribution is 5.89. The van der Waals surface area contributed by atoms with Gasteiger partial charge in [0, 0.05) is 25.3 Å². The second-order valence-corrected chi connectivity index (χ2v) is 5.22. The molecule has 1 aliphatic heterocycles. The number of rotatable bonds is 1. The molecule has 0 aromatic rings. The molecule has 2 rings (SSSR count). The number of Topliss-reactive ketones (excluding diaryl/α,β-unsaturated/α-hetero) is 1. The van der Waals surface area contributed by atoms with E-state index >= 15 is 0 Å². The summed E-state index contributed by atoms with van der Waals surface area (Å²) >= 11 is 0. The maximum Gasteiger partial charge on any atom is 0.403 e. The van der Waals surface area contributed by atoms with Crippen LogP contribution in [0, 0.1) is 17.3 Å². The summed E-state index contributed by atoms with van der Waals surface area (Å²) in [5, 5.41) is 0. The van der Waals surface area contributed by atoms with Gasteiger partial charge in [0.25, 0.3) is 0 Å². The van der Waals surface area contributed by atoms with Gasteiger partial charge >= 0.3 is 12.4 Å². The summed E-state index contributed by atoms with van der Waals surface area (Å²) in [6.07, 6.45) is -11.0. The Kier molecular flexibility index (Phi) is 2.93. The number of fused-ring (bicyclic) bond motifs is 1. The Hall–Kier alpha value is -1.28. The third-order valence-corrected chi connectivity index (χ3v) is 4.26. The molecule has 1 heterocycles. The molecule has 1 saturated carbocycles. The molecule has 3 nitrogen and oxygen atoms in total. The number of halogens is 6. The molecule has 2 aliphatic rings. The van der Waals surface area contributed by atoms with Gasteiger partial charge in [0.1, 0.15) is 0 Å². The van der Waals surface area contributed by atoms with Crippen molar-refractivity contribution in [3.63, 3.8) is 0 Å². The highest BCUT2D eigenvalue weighted by atomic mass is 19.4. The Bertz CT molecular complexity index is 455. The first-order valence-corrected chi connectivity index (χ1v) is 5.78. The lowest BCUT2D eigenvalue weighted by molar-refractivity contribution is -0.314. The van der Waals surface area contributed by atoms with E-state index in [9.17, 15) is 35.9 Å². The van der Waals surface area contributed by atoms with Gasteiger partial charge in [-0.05, 0) is 6.92 Å². The number of alkyl halides is 6. The second-order valence-electron chi connectivity index (χ2n) is 5.22. The lowest BCUT2D eigenvalue weighted by atomic mass is 9.93. The van der Waals surface area contributed by atoms with Gasteiger partial charge in [-0.25, -0.2) is 0 Å². The predicted octanol–water partition coefficient (Wildman–Crippen LogP) is 2.16. The minimum atomic E-state index is -5.49. The van der Waals surface area contributed by atoms with E-state index in [1.165, 1.54) is 0 Å². The molecule has 2 fully saturated rings. The van der Waals surface area contributed by atoms with E-state index in [0.29, 0.717) is 0 Å². The van der Waals surface area contributed by atoms with Crippen molar-refractivity contribution in [2.45, 2.75) is 32.2 Å². The molecule has 3 unspecified atom stereocenters. The maximum absolute atomic E-state index is 12.9. The first-order valence-electron chi connectivity index (χ1n) is 5.78. The Morgan fingerprint density at radius 3 is 1.80 bits per heavy atom. The first kappa shape index (κ1) is 15.1. The Labute approximate surface area is 109 Å². The Balaban J connectivity index is 2.46. The number of likely N-dealkylation sites (tertiary alicyclic amines) is 1. The van der Waals surface area contributed by atoms with Gasteiger partial charge in [0.05, 0.1) is 6.04 Å². The van der Waals surface area contributed by atoms with E-state index in [4.69, 9.17) is 0 Å². The fourth-order valence-corrected chi connectivity index (χ4v) is 3.49. The fraction of sp³-hybridized carbons (Fsp3) is 0.818. The topological polar surface area (TPSA) is 37.4 Å². The van der Waals surface area contributed by atoms with Crippen molar-refractivity contribution in [3.05, 3.63) is 0 Å². The highest BCUT2D eigenvalue weighted by Crippen LogP contribution is 2.77. The van der Waals surface area contributed by atoms with Crippen LogP contribution in [0.4, 0.5) is 26.3 Å². The van der Waals surface area contributed by atoms with Crippen LogP contribution in [0.3, 0.4) is 0 Å². The number of ketones is 1. The molecule has 0 aromatic heterocycles. The van der Waals surface area contributed by atoms with E-state index in [0.717, 1.165) is 18.7 Å². The molecular formula is C11H11F6NO2. The van der Waals surface area contributed by atoms with Gasteiger partial charge < -0.3 is 4.90 Å². The first-order chi connectivity index (χ1) is 8.87. The van der Waals surface area contributed by atoms with Crippen molar-refractivity contribution < 1.29 is 35.9 Å². The number of piperidine rings is 1. The quantitative estimate of drug-likeness (QED) is 0.696. The van der Waals surface area contributed by atoms with E-state index in [1.807, 2.05) is 0 Å². The average molecular weight is 303 g/mol. The van der Waals surface area contributed by atoms with E-state index in [1.54, 1.807) is 0 Å². The van der Waals surface area contributed by atoms with Crippen LogP contribution in [0.15, 0.2) is 0 Å². The van der Waals surface area contributed by atoms with Gasteiger partial charge in [-0.2, -0.15) is 26.3 Å². The summed E-state index contributed by atoms with van der Waals surface area (Å²) < 4.78 is 77.7. The van der Waals surface area contributed by atoms with Crippen molar-refractivity contribution >= 4 is 11.7 Å². The third-order valence-electron chi connectivity index (χ3n) is 4.26. The number of amides is 1. The Morgan fingerprint density at radius 2 is 1.50 bits per heavy atom. The monoisotopic (exact) mass is 303 g/mol. The zero-order valence-electron chi connectivity index (χ0n) is 10.5. The van der Waals surface area contributed by atoms with Crippen molar-refractivity contribution in [1.29, 1.82) is 0 Å². The summed E-state index contributed by atoms with van der Waals surface area (Å²) in [5.41, 5.74) is -3.86. The zero-order valence-corrected chi connectivity index (χ0v) is 10.5.